The van der Waals surface area contributed by atoms with Gasteiger partial charge in [0.2, 0.25) is 0 Å². The molecular weight excluding hydrogens is 320 g/mol. The highest BCUT2D eigenvalue weighted by molar-refractivity contribution is 9.10. The Morgan fingerprint density at radius 2 is 2.12 bits per heavy atom. The van der Waals surface area contributed by atoms with Crippen LogP contribution in [-0.2, 0) is 0 Å². The molecule has 0 fully saturated rings. The van der Waals surface area contributed by atoms with Gasteiger partial charge in [-0.3, -0.25) is 5.84 Å². The fourth-order valence-electron chi connectivity index (χ4n) is 1.61. The van der Waals surface area contributed by atoms with Gasteiger partial charge in [0.15, 0.2) is 0 Å². The van der Waals surface area contributed by atoms with E-state index in [9.17, 15) is 0 Å². The van der Waals surface area contributed by atoms with E-state index in [2.05, 4.69) is 46.5 Å². The largest absolute Gasteiger partial charge is 0.271 e. The van der Waals surface area contributed by atoms with Crippen LogP contribution >= 0.6 is 38.9 Å². The van der Waals surface area contributed by atoms with Crippen molar-refractivity contribution in [3.8, 4) is 0 Å². The smallest absolute Gasteiger partial charge is 0.0931 e. The average molecular weight is 332 g/mol. The van der Waals surface area contributed by atoms with E-state index in [0.717, 1.165) is 19.2 Å². The molecular formula is C12H12BrClN2S. The first-order chi connectivity index (χ1) is 8.11. The van der Waals surface area contributed by atoms with E-state index in [1.165, 1.54) is 16.9 Å². The maximum atomic E-state index is 5.95. The van der Waals surface area contributed by atoms with E-state index in [0.29, 0.717) is 0 Å². The number of hydrazine groups is 1. The molecule has 0 aliphatic rings. The van der Waals surface area contributed by atoms with Gasteiger partial charge in [0, 0.05) is 9.35 Å². The molecule has 1 aromatic carbocycles. The molecule has 1 heterocycles. The van der Waals surface area contributed by atoms with Crippen LogP contribution in [0.1, 0.15) is 22.0 Å². The molecule has 0 spiro atoms. The summed E-state index contributed by atoms with van der Waals surface area (Å²) < 4.78 is 1.85. The van der Waals surface area contributed by atoms with Gasteiger partial charge in [0.25, 0.3) is 0 Å². The maximum absolute atomic E-state index is 5.95. The van der Waals surface area contributed by atoms with E-state index in [4.69, 9.17) is 17.4 Å². The van der Waals surface area contributed by atoms with Crippen molar-refractivity contribution >= 4 is 38.9 Å². The number of benzene rings is 1. The summed E-state index contributed by atoms with van der Waals surface area (Å²) in [5.41, 5.74) is 5.14. The van der Waals surface area contributed by atoms with Gasteiger partial charge in [-0.15, -0.1) is 11.3 Å². The fraction of sp³-hybridized carbons (Fsp3) is 0.167. The minimum Gasteiger partial charge on any atom is -0.271 e. The zero-order chi connectivity index (χ0) is 12.4. The first kappa shape index (κ1) is 13.1. The number of rotatable bonds is 3. The minimum absolute atomic E-state index is 0.0237. The quantitative estimate of drug-likeness (QED) is 0.658. The van der Waals surface area contributed by atoms with Gasteiger partial charge in [-0.2, -0.15) is 0 Å². The van der Waals surface area contributed by atoms with Crippen LogP contribution in [0.3, 0.4) is 0 Å². The normalized spacial score (nSPS) is 12.7. The first-order valence-electron chi connectivity index (χ1n) is 5.09. The highest BCUT2D eigenvalue weighted by atomic mass is 79.9. The topological polar surface area (TPSA) is 38.0 Å². The lowest BCUT2D eigenvalue weighted by Gasteiger charge is -2.15. The van der Waals surface area contributed by atoms with Crippen molar-refractivity contribution in [3.05, 3.63) is 55.1 Å². The predicted molar refractivity (Wildman–Crippen MR) is 77.4 cm³/mol. The van der Waals surface area contributed by atoms with Crippen molar-refractivity contribution in [1.29, 1.82) is 0 Å². The second-order valence-corrected chi connectivity index (χ2v) is 6.35. The Labute approximate surface area is 118 Å². The fourth-order valence-corrected chi connectivity index (χ4v) is 3.16. The number of aryl methyl sites for hydroxylation is 1. The summed E-state index contributed by atoms with van der Waals surface area (Å²) in [6, 6.07) is 10.1. The molecule has 0 aliphatic heterocycles. The highest BCUT2D eigenvalue weighted by Crippen LogP contribution is 2.32. The summed E-state index contributed by atoms with van der Waals surface area (Å²) in [4.78, 5) is 1.10. The molecule has 0 bridgehead atoms. The van der Waals surface area contributed by atoms with Crippen LogP contribution in [0.4, 0.5) is 0 Å². The molecule has 1 unspecified atom stereocenters. The molecule has 0 saturated carbocycles. The Kier molecular flexibility index (Phi) is 4.22. The van der Waals surface area contributed by atoms with Crippen molar-refractivity contribution in [3.63, 3.8) is 0 Å². The number of hydrogen-bond donors (Lipinski definition) is 2. The third-order valence-electron chi connectivity index (χ3n) is 2.57. The Bertz CT molecular complexity index is 527. The monoisotopic (exact) mass is 330 g/mol. The Morgan fingerprint density at radius 1 is 1.35 bits per heavy atom. The SMILES string of the molecule is Cc1ccc(C(NN)c2ccc(Cl)s2)cc1Br. The van der Waals surface area contributed by atoms with Gasteiger partial charge < -0.3 is 0 Å². The Morgan fingerprint density at radius 3 is 2.65 bits per heavy atom. The maximum Gasteiger partial charge on any atom is 0.0931 e. The van der Waals surface area contributed by atoms with Gasteiger partial charge in [0.1, 0.15) is 0 Å². The van der Waals surface area contributed by atoms with Gasteiger partial charge in [-0.05, 0) is 36.2 Å². The van der Waals surface area contributed by atoms with Gasteiger partial charge in [0.05, 0.1) is 10.4 Å². The molecule has 2 aromatic rings. The van der Waals surface area contributed by atoms with Gasteiger partial charge in [-0.25, -0.2) is 5.43 Å². The van der Waals surface area contributed by atoms with E-state index < -0.39 is 0 Å². The van der Waals surface area contributed by atoms with E-state index in [1.54, 1.807) is 0 Å². The van der Waals surface area contributed by atoms with Crippen LogP contribution in [-0.4, -0.2) is 0 Å². The molecule has 90 valence electrons. The minimum atomic E-state index is -0.0237. The van der Waals surface area contributed by atoms with E-state index in [-0.39, 0.29) is 6.04 Å². The standard InChI is InChI=1S/C12H12BrClN2S/c1-7-2-3-8(6-9(7)13)12(16-15)10-4-5-11(14)17-10/h2-6,12,16H,15H2,1H3. The summed E-state index contributed by atoms with van der Waals surface area (Å²) in [6.07, 6.45) is 0. The number of nitrogens with one attached hydrogen (secondary N) is 1. The van der Waals surface area contributed by atoms with Gasteiger partial charge >= 0.3 is 0 Å². The predicted octanol–water partition coefficient (Wildman–Crippen LogP) is 4.03. The number of hydrogen-bond acceptors (Lipinski definition) is 3. The molecule has 2 rings (SSSR count). The van der Waals surface area contributed by atoms with Crippen LogP contribution in [0, 0.1) is 6.92 Å². The second kappa shape index (κ2) is 5.50. The van der Waals surface area contributed by atoms with E-state index >= 15 is 0 Å². The molecule has 5 heteroatoms. The molecule has 0 saturated heterocycles. The number of nitrogens with two attached hydrogens (primary N) is 1. The van der Waals surface area contributed by atoms with Crippen LogP contribution in [0.25, 0.3) is 0 Å². The van der Waals surface area contributed by atoms with Crippen LogP contribution < -0.4 is 11.3 Å². The Hall–Kier alpha value is -0.390. The van der Waals surface area contributed by atoms with Crippen LogP contribution in [0.15, 0.2) is 34.8 Å². The number of thiophene rings is 1. The molecule has 0 radical (unpaired) electrons. The Balaban J connectivity index is 2.38. The van der Waals surface area contributed by atoms with Crippen molar-refractivity contribution < 1.29 is 0 Å². The van der Waals surface area contributed by atoms with Gasteiger partial charge in [-0.1, -0.05) is 39.7 Å². The lowest BCUT2D eigenvalue weighted by atomic mass is 10.0. The zero-order valence-electron chi connectivity index (χ0n) is 9.21. The summed E-state index contributed by atoms with van der Waals surface area (Å²) in [5, 5.41) is 0. The van der Waals surface area contributed by atoms with Crippen molar-refractivity contribution in [2.24, 2.45) is 5.84 Å². The average Bonchev–Trinajstić information content (AvgIpc) is 2.71. The van der Waals surface area contributed by atoms with Crippen molar-refractivity contribution in [2.45, 2.75) is 13.0 Å². The van der Waals surface area contributed by atoms with Crippen molar-refractivity contribution in [2.75, 3.05) is 0 Å². The van der Waals surface area contributed by atoms with Crippen molar-refractivity contribution in [1.82, 2.24) is 5.43 Å². The van der Waals surface area contributed by atoms with Crippen LogP contribution in [0.2, 0.25) is 4.34 Å². The molecule has 1 aromatic heterocycles. The summed E-state index contributed by atoms with van der Waals surface area (Å²) in [7, 11) is 0. The summed E-state index contributed by atoms with van der Waals surface area (Å²) in [5.74, 6) is 5.63. The third-order valence-corrected chi connectivity index (χ3v) is 4.72. The zero-order valence-corrected chi connectivity index (χ0v) is 12.4. The van der Waals surface area contributed by atoms with Crippen LogP contribution in [0.5, 0.6) is 0 Å². The van der Waals surface area contributed by atoms with E-state index in [1.807, 2.05) is 12.1 Å². The molecule has 0 amide bonds. The summed E-state index contributed by atoms with van der Waals surface area (Å²) in [6.45, 7) is 2.06. The third kappa shape index (κ3) is 2.89. The molecule has 0 aliphatic carbocycles. The molecule has 17 heavy (non-hydrogen) atoms. The lowest BCUT2D eigenvalue weighted by Crippen LogP contribution is -2.28. The second-order valence-electron chi connectivity index (χ2n) is 3.75. The molecule has 3 N–H and O–H groups in total. The summed E-state index contributed by atoms with van der Waals surface area (Å²) >= 11 is 11.0. The number of halogens is 2. The first-order valence-corrected chi connectivity index (χ1v) is 7.08. The highest BCUT2D eigenvalue weighted by Gasteiger charge is 2.15. The molecule has 1 atom stereocenters. The lowest BCUT2D eigenvalue weighted by molar-refractivity contribution is 0.646. The molecule has 2 nitrogen and oxygen atoms in total.